The van der Waals surface area contributed by atoms with Crippen molar-refractivity contribution in [2.24, 2.45) is 5.92 Å². The zero-order chi connectivity index (χ0) is 19.8. The van der Waals surface area contributed by atoms with Crippen LogP contribution in [0.4, 0.5) is 0 Å². The third-order valence-corrected chi connectivity index (χ3v) is 4.32. The number of carbonyl (C=O) groups is 2. The molecular weight excluding hydrogens is 282 g/mol. The molecule has 5 nitrogen and oxygen atoms in total. The van der Waals surface area contributed by atoms with Crippen LogP contribution in [0.15, 0.2) is 30.3 Å². The van der Waals surface area contributed by atoms with Crippen LogP contribution in [0.25, 0.3) is 0 Å². The van der Waals surface area contributed by atoms with Crippen molar-refractivity contribution in [2.45, 2.75) is 44.3 Å². The van der Waals surface area contributed by atoms with Gasteiger partial charge in [-0.25, -0.2) is 4.79 Å². The fourth-order valence-electron chi connectivity index (χ4n) is 3.34. The minimum atomic E-state index is -3.12. The van der Waals surface area contributed by atoms with Crippen molar-refractivity contribution >= 4 is 11.9 Å². The van der Waals surface area contributed by atoms with Crippen molar-refractivity contribution in [2.75, 3.05) is 6.56 Å². The highest BCUT2D eigenvalue weighted by Gasteiger charge is 2.47. The molecule has 2 heterocycles. The van der Waals surface area contributed by atoms with E-state index in [9.17, 15) is 9.59 Å². The first-order valence-corrected chi connectivity index (χ1v) is 7.33. The Labute approximate surface area is 137 Å². The summed E-state index contributed by atoms with van der Waals surface area (Å²) in [6, 6.07) is 8.08. The molecule has 1 aromatic rings. The first-order valence-electron chi connectivity index (χ1n) is 9.83. The largest absolute Gasteiger partial charge is 0.466 e. The molecule has 2 aliphatic heterocycles. The van der Waals surface area contributed by atoms with Gasteiger partial charge in [-0.3, -0.25) is 4.79 Å². The van der Waals surface area contributed by atoms with Crippen molar-refractivity contribution in [1.82, 2.24) is 5.32 Å². The minimum Gasteiger partial charge on any atom is -0.466 e. The lowest BCUT2D eigenvalue weighted by atomic mass is 9.89. The van der Waals surface area contributed by atoms with Crippen LogP contribution in [0, 0.1) is 5.92 Å². The normalized spacial score (nSPS) is 34.5. The third-order valence-electron chi connectivity index (χ3n) is 4.32. The number of ether oxygens (including phenoxy) is 2. The van der Waals surface area contributed by atoms with Gasteiger partial charge in [-0.15, -0.1) is 0 Å². The van der Waals surface area contributed by atoms with Crippen LogP contribution in [0.3, 0.4) is 0 Å². The lowest BCUT2D eigenvalue weighted by Gasteiger charge is -2.35. The van der Waals surface area contributed by atoms with Gasteiger partial charge in [-0.05, 0) is 31.8 Å². The second-order valence-corrected chi connectivity index (χ2v) is 5.64. The maximum Gasteiger partial charge on any atom is 0.338 e. The molecule has 2 bridgehead atoms. The Morgan fingerprint density at radius 1 is 1.36 bits per heavy atom. The first kappa shape index (κ1) is 10.0. The summed E-state index contributed by atoms with van der Waals surface area (Å²) in [5.41, 5.74) is 0.341. The second-order valence-electron chi connectivity index (χ2n) is 5.64. The first-order chi connectivity index (χ1) is 12.6. The number of hydrogen-bond donors (Lipinski definition) is 1. The van der Waals surface area contributed by atoms with Crippen molar-refractivity contribution < 1.29 is 25.9 Å². The van der Waals surface area contributed by atoms with Crippen molar-refractivity contribution in [3.63, 3.8) is 0 Å². The molecule has 2 fully saturated rings. The van der Waals surface area contributed by atoms with Gasteiger partial charge in [0, 0.05) is 22.6 Å². The maximum atomic E-state index is 12.6. The molecule has 0 amide bonds. The van der Waals surface area contributed by atoms with Gasteiger partial charge < -0.3 is 14.8 Å². The van der Waals surface area contributed by atoms with Crippen LogP contribution in [-0.2, 0) is 14.3 Å². The van der Waals surface area contributed by atoms with Gasteiger partial charge in [0.1, 0.15) is 12.0 Å². The average molecular weight is 308 g/mol. The predicted octanol–water partition coefficient (Wildman–Crippen LogP) is 1.92. The number of carbonyl (C=O) groups excluding carboxylic acids is 2. The van der Waals surface area contributed by atoms with Crippen molar-refractivity contribution in [1.29, 1.82) is 0 Å². The maximum absolute atomic E-state index is 12.6. The van der Waals surface area contributed by atoms with Gasteiger partial charge in [0.2, 0.25) is 0 Å². The molecule has 0 radical (unpaired) electrons. The average Bonchev–Trinajstić information content (AvgIpc) is 2.95. The molecule has 118 valence electrons. The molecule has 2 saturated heterocycles. The molecule has 0 aromatic heterocycles. The van der Waals surface area contributed by atoms with Crippen LogP contribution < -0.4 is 5.32 Å². The Kier molecular flexibility index (Phi) is 2.95. The highest BCUT2D eigenvalue weighted by atomic mass is 16.6. The van der Waals surface area contributed by atoms with Gasteiger partial charge >= 0.3 is 11.9 Å². The van der Waals surface area contributed by atoms with E-state index in [2.05, 4.69) is 5.32 Å². The number of rotatable bonds is 4. The molecule has 22 heavy (non-hydrogen) atoms. The summed E-state index contributed by atoms with van der Waals surface area (Å²) in [6.07, 6.45) is 1.00. The molecule has 1 N–H and O–H groups in total. The van der Waals surface area contributed by atoms with Crippen LogP contribution in [0.2, 0.25) is 0 Å². The number of fused-ring (bicyclic) bond motifs is 2. The monoisotopic (exact) mass is 308 g/mol. The molecule has 3 rings (SSSR count). The van der Waals surface area contributed by atoms with Gasteiger partial charge in [-0.2, -0.15) is 0 Å². The summed E-state index contributed by atoms with van der Waals surface area (Å²) >= 11 is 0. The Bertz CT molecular complexity index is 709. The Morgan fingerprint density at radius 2 is 2.18 bits per heavy atom. The lowest BCUT2D eigenvalue weighted by Crippen LogP contribution is -2.53. The molecule has 0 spiro atoms. The SMILES string of the molecule is [2H]C([2H])([2H])C([2H])([2H])OC(=O)[C@H]1[C@@H](OC(=O)c2ccccc2)C[C@@H]2CC[C@H]1N2. The lowest BCUT2D eigenvalue weighted by molar-refractivity contribution is -0.155. The van der Waals surface area contributed by atoms with Crippen molar-refractivity contribution in [3.05, 3.63) is 35.9 Å². The second kappa shape index (κ2) is 6.48. The van der Waals surface area contributed by atoms with E-state index in [1.165, 1.54) is 0 Å². The van der Waals surface area contributed by atoms with E-state index in [-0.39, 0.29) is 12.1 Å². The third kappa shape index (κ3) is 2.99. The summed E-state index contributed by atoms with van der Waals surface area (Å²) in [5.74, 6) is -2.56. The van der Waals surface area contributed by atoms with Gasteiger partial charge in [0.25, 0.3) is 0 Å². The molecule has 0 aliphatic carbocycles. The van der Waals surface area contributed by atoms with E-state index in [1.54, 1.807) is 30.3 Å². The van der Waals surface area contributed by atoms with Crippen molar-refractivity contribution in [3.8, 4) is 0 Å². The highest BCUT2D eigenvalue weighted by Crippen LogP contribution is 2.34. The van der Waals surface area contributed by atoms with Crippen LogP contribution >= 0.6 is 0 Å². The summed E-state index contributed by atoms with van der Waals surface area (Å²) in [6.45, 7) is -6.23. The molecule has 1 aromatic carbocycles. The zero-order valence-electron chi connectivity index (χ0n) is 17.0. The summed E-state index contributed by atoms with van der Waals surface area (Å²) < 4.78 is 46.9. The molecular formula is C17H21NO4. The smallest absolute Gasteiger partial charge is 0.338 e. The van der Waals surface area contributed by atoms with E-state index in [0.29, 0.717) is 18.4 Å². The topological polar surface area (TPSA) is 64.6 Å². The van der Waals surface area contributed by atoms with Gasteiger partial charge in [0.15, 0.2) is 0 Å². The molecule has 4 atom stereocenters. The fourth-order valence-corrected chi connectivity index (χ4v) is 3.34. The number of piperidine rings is 1. The number of benzene rings is 1. The van der Waals surface area contributed by atoms with Crippen LogP contribution in [0.1, 0.15) is 43.3 Å². The van der Waals surface area contributed by atoms with Gasteiger partial charge in [-0.1, -0.05) is 18.2 Å². The molecule has 0 saturated carbocycles. The molecule has 2 aliphatic rings. The summed E-state index contributed by atoms with van der Waals surface area (Å²) in [5, 5.41) is 3.23. The fraction of sp³-hybridized carbons (Fsp3) is 0.529. The summed E-state index contributed by atoms with van der Waals surface area (Å²) in [4.78, 5) is 25.0. The highest BCUT2D eigenvalue weighted by molar-refractivity contribution is 5.89. The molecule has 5 heteroatoms. The van der Waals surface area contributed by atoms with Gasteiger partial charge in [0.05, 0.1) is 14.9 Å². The number of hydrogen-bond acceptors (Lipinski definition) is 5. The van der Waals surface area contributed by atoms with E-state index in [4.69, 9.17) is 16.3 Å². The van der Waals surface area contributed by atoms with E-state index < -0.39 is 37.4 Å². The van der Waals surface area contributed by atoms with Crippen LogP contribution in [-0.4, -0.2) is 36.7 Å². The minimum absolute atomic E-state index is 0.0898. The van der Waals surface area contributed by atoms with E-state index in [1.807, 2.05) is 0 Å². The Morgan fingerprint density at radius 3 is 2.95 bits per heavy atom. The number of esters is 2. The van der Waals surface area contributed by atoms with E-state index >= 15 is 0 Å². The van der Waals surface area contributed by atoms with E-state index in [0.717, 1.165) is 6.42 Å². The summed E-state index contributed by atoms with van der Waals surface area (Å²) in [7, 11) is 0. The Hall–Kier alpha value is -1.88. The standard InChI is InChI=1S/C17H21NO4/c1-2-21-17(20)15-13-9-8-12(18-13)10-14(15)22-16(19)11-6-4-3-5-7-11/h3-7,12-15,18H,2,8-10H2,1H3/t12-,13+,14-,15+/m0/s1/i1D3,2D2. The number of nitrogens with one attached hydrogen (secondary N) is 1. The molecule has 0 unspecified atom stereocenters. The zero-order valence-corrected chi connectivity index (χ0v) is 12.0. The quantitative estimate of drug-likeness (QED) is 0.861. The van der Waals surface area contributed by atoms with Crippen LogP contribution in [0.5, 0.6) is 0 Å². The predicted molar refractivity (Wildman–Crippen MR) is 80.3 cm³/mol. The Balaban J connectivity index is 1.77.